The van der Waals surface area contributed by atoms with E-state index in [9.17, 15) is 14.7 Å². The number of carboxylic acid groups (broad SMARTS) is 1. The van der Waals surface area contributed by atoms with E-state index < -0.39 is 5.97 Å². The molecule has 1 N–H and O–H groups in total. The summed E-state index contributed by atoms with van der Waals surface area (Å²) in [6.07, 6.45) is 5.28. The van der Waals surface area contributed by atoms with Gasteiger partial charge in [-0.15, -0.1) is 0 Å². The first kappa shape index (κ1) is 26.2. The highest BCUT2D eigenvalue weighted by Crippen LogP contribution is 2.35. The summed E-state index contributed by atoms with van der Waals surface area (Å²) >= 11 is 0. The van der Waals surface area contributed by atoms with Crippen molar-refractivity contribution >= 4 is 11.9 Å². The zero-order valence-electron chi connectivity index (χ0n) is 21.2. The van der Waals surface area contributed by atoms with Gasteiger partial charge in [-0.3, -0.25) is 0 Å². The van der Waals surface area contributed by atoms with E-state index in [1.54, 1.807) is 36.4 Å². The van der Waals surface area contributed by atoms with Gasteiger partial charge >= 0.3 is 11.9 Å². The van der Waals surface area contributed by atoms with Crippen molar-refractivity contribution in [1.82, 2.24) is 0 Å². The van der Waals surface area contributed by atoms with E-state index in [0.29, 0.717) is 22.8 Å². The second-order valence-electron chi connectivity index (χ2n) is 9.29. The molecule has 3 rings (SSSR count). The number of aryl methyl sites for hydroxylation is 1. The van der Waals surface area contributed by atoms with E-state index in [1.807, 2.05) is 30.3 Å². The van der Waals surface area contributed by atoms with Crippen molar-refractivity contribution in [1.29, 1.82) is 0 Å². The average Bonchev–Trinajstić information content (AvgIpc) is 2.87. The normalized spacial score (nSPS) is 11.9. The minimum absolute atomic E-state index is 0.224. The maximum atomic E-state index is 12.6. The molecule has 0 aliphatic carbocycles. The average molecular weight is 473 g/mol. The van der Waals surface area contributed by atoms with Gasteiger partial charge in [0.1, 0.15) is 5.75 Å². The standard InChI is InChI=1S/C31H36O4/c1-5-8-23-9-11-25(12-10-23)31(34)35-27-16-13-24(14-17-27)28-18-15-26(30(32)33)20-29(28)21(4)19-22(6-2)7-3/h9-18,20-22H,5-8,19H2,1-4H3,(H,32,33)/t21-/m1/s1. The molecule has 35 heavy (non-hydrogen) atoms. The molecule has 0 unspecified atom stereocenters. The number of carboxylic acids is 1. The zero-order valence-corrected chi connectivity index (χ0v) is 21.2. The van der Waals surface area contributed by atoms with Gasteiger partial charge in [-0.2, -0.15) is 0 Å². The molecule has 0 spiro atoms. The fraction of sp³-hybridized carbons (Fsp3) is 0.355. The van der Waals surface area contributed by atoms with Crippen LogP contribution in [-0.4, -0.2) is 17.0 Å². The van der Waals surface area contributed by atoms with Gasteiger partial charge in [0.25, 0.3) is 0 Å². The van der Waals surface area contributed by atoms with Crippen molar-refractivity contribution in [3.05, 3.63) is 89.0 Å². The third-order valence-electron chi connectivity index (χ3n) is 6.78. The predicted octanol–water partition coefficient (Wildman–Crippen LogP) is 8.15. The van der Waals surface area contributed by atoms with Gasteiger partial charge in [0.15, 0.2) is 0 Å². The summed E-state index contributed by atoms with van der Waals surface area (Å²) in [5.74, 6) is 0.000304. The van der Waals surface area contributed by atoms with Crippen LogP contribution in [0.2, 0.25) is 0 Å². The van der Waals surface area contributed by atoms with E-state index in [0.717, 1.165) is 48.8 Å². The van der Waals surface area contributed by atoms with Crippen molar-refractivity contribution in [2.45, 2.75) is 65.7 Å². The molecule has 0 aliphatic rings. The number of hydrogen-bond acceptors (Lipinski definition) is 3. The Labute approximate surface area is 209 Å². The first-order chi connectivity index (χ1) is 16.9. The van der Waals surface area contributed by atoms with Crippen molar-refractivity contribution in [3.63, 3.8) is 0 Å². The van der Waals surface area contributed by atoms with E-state index >= 15 is 0 Å². The highest BCUT2D eigenvalue weighted by atomic mass is 16.5. The lowest BCUT2D eigenvalue weighted by Crippen LogP contribution is -2.08. The van der Waals surface area contributed by atoms with Crippen LogP contribution in [0.1, 0.15) is 91.1 Å². The van der Waals surface area contributed by atoms with Gasteiger partial charge in [-0.25, -0.2) is 9.59 Å². The van der Waals surface area contributed by atoms with Crippen molar-refractivity contribution in [2.24, 2.45) is 5.92 Å². The Morgan fingerprint density at radius 1 is 0.857 bits per heavy atom. The molecule has 0 fully saturated rings. The molecular formula is C31H36O4. The highest BCUT2D eigenvalue weighted by molar-refractivity contribution is 5.91. The summed E-state index contributed by atoms with van der Waals surface area (Å²) in [6.45, 7) is 8.71. The van der Waals surface area contributed by atoms with Crippen LogP contribution in [0.4, 0.5) is 0 Å². The van der Waals surface area contributed by atoms with Crippen molar-refractivity contribution < 1.29 is 19.4 Å². The van der Waals surface area contributed by atoms with Crippen LogP contribution in [0, 0.1) is 5.92 Å². The Balaban J connectivity index is 1.82. The number of ether oxygens (including phenoxy) is 1. The van der Waals surface area contributed by atoms with Crippen molar-refractivity contribution in [3.8, 4) is 16.9 Å². The molecule has 3 aromatic carbocycles. The van der Waals surface area contributed by atoms with Crippen LogP contribution in [0.3, 0.4) is 0 Å². The topological polar surface area (TPSA) is 63.6 Å². The Morgan fingerprint density at radius 2 is 1.49 bits per heavy atom. The smallest absolute Gasteiger partial charge is 0.343 e. The van der Waals surface area contributed by atoms with Crippen LogP contribution >= 0.6 is 0 Å². The maximum Gasteiger partial charge on any atom is 0.343 e. The van der Waals surface area contributed by atoms with E-state index in [2.05, 4.69) is 27.7 Å². The van der Waals surface area contributed by atoms with Crippen LogP contribution in [0.5, 0.6) is 5.75 Å². The largest absolute Gasteiger partial charge is 0.478 e. The van der Waals surface area contributed by atoms with Gasteiger partial charge < -0.3 is 9.84 Å². The second-order valence-corrected chi connectivity index (χ2v) is 9.29. The molecule has 0 aliphatic heterocycles. The minimum Gasteiger partial charge on any atom is -0.478 e. The highest BCUT2D eigenvalue weighted by Gasteiger charge is 2.18. The Kier molecular flexibility index (Phi) is 9.25. The first-order valence-corrected chi connectivity index (χ1v) is 12.6. The summed E-state index contributed by atoms with van der Waals surface area (Å²) < 4.78 is 5.58. The summed E-state index contributed by atoms with van der Waals surface area (Å²) in [7, 11) is 0. The Bertz CT molecular complexity index is 1130. The molecule has 0 heterocycles. The van der Waals surface area contributed by atoms with E-state index in [4.69, 9.17) is 4.74 Å². The lowest BCUT2D eigenvalue weighted by molar-refractivity contribution is 0.0694. The van der Waals surface area contributed by atoms with Crippen LogP contribution in [0.15, 0.2) is 66.7 Å². The van der Waals surface area contributed by atoms with Gasteiger partial charge in [0.2, 0.25) is 0 Å². The summed E-state index contributed by atoms with van der Waals surface area (Å²) in [5, 5.41) is 9.53. The molecule has 0 bridgehead atoms. The van der Waals surface area contributed by atoms with E-state index in [1.165, 1.54) is 5.56 Å². The first-order valence-electron chi connectivity index (χ1n) is 12.6. The molecular weight excluding hydrogens is 436 g/mol. The molecule has 4 heteroatoms. The third-order valence-corrected chi connectivity index (χ3v) is 6.78. The number of carbonyl (C=O) groups excluding carboxylic acids is 1. The molecule has 184 valence electrons. The monoisotopic (exact) mass is 472 g/mol. The quantitative estimate of drug-likeness (QED) is 0.226. The lowest BCUT2D eigenvalue weighted by Gasteiger charge is -2.22. The molecule has 0 amide bonds. The second kappa shape index (κ2) is 12.3. The fourth-order valence-electron chi connectivity index (χ4n) is 4.58. The summed E-state index contributed by atoms with van der Waals surface area (Å²) in [5.41, 5.74) is 5.05. The minimum atomic E-state index is -0.919. The third kappa shape index (κ3) is 6.82. The Morgan fingerprint density at radius 3 is 2.06 bits per heavy atom. The molecule has 0 radical (unpaired) electrons. The van der Waals surface area contributed by atoms with Crippen LogP contribution < -0.4 is 4.74 Å². The van der Waals surface area contributed by atoms with Crippen LogP contribution in [0.25, 0.3) is 11.1 Å². The maximum absolute atomic E-state index is 12.6. The van der Waals surface area contributed by atoms with Crippen LogP contribution in [-0.2, 0) is 6.42 Å². The number of rotatable bonds is 11. The van der Waals surface area contributed by atoms with Gasteiger partial charge in [0, 0.05) is 0 Å². The van der Waals surface area contributed by atoms with E-state index in [-0.39, 0.29) is 11.9 Å². The number of esters is 1. The molecule has 4 nitrogen and oxygen atoms in total. The summed E-state index contributed by atoms with van der Waals surface area (Å²) in [4.78, 5) is 24.2. The number of benzene rings is 3. The molecule has 1 atom stereocenters. The number of hydrogen-bond donors (Lipinski definition) is 1. The Hall–Kier alpha value is -3.40. The SMILES string of the molecule is CCCc1ccc(C(=O)Oc2ccc(-c3ccc(C(=O)O)cc3[C@H](C)CC(CC)CC)cc2)cc1. The molecule has 0 saturated carbocycles. The summed E-state index contributed by atoms with van der Waals surface area (Å²) in [6, 6.07) is 20.3. The lowest BCUT2D eigenvalue weighted by atomic mass is 9.83. The fourth-order valence-corrected chi connectivity index (χ4v) is 4.58. The van der Waals surface area contributed by atoms with Crippen molar-refractivity contribution in [2.75, 3.05) is 0 Å². The molecule has 3 aromatic rings. The molecule has 0 aromatic heterocycles. The van der Waals surface area contributed by atoms with Gasteiger partial charge in [-0.1, -0.05) is 77.3 Å². The van der Waals surface area contributed by atoms with Gasteiger partial charge in [-0.05, 0) is 83.3 Å². The predicted molar refractivity (Wildman–Crippen MR) is 141 cm³/mol. The zero-order chi connectivity index (χ0) is 25.4. The number of carbonyl (C=O) groups is 2. The van der Waals surface area contributed by atoms with Gasteiger partial charge in [0.05, 0.1) is 11.1 Å². The molecule has 0 saturated heterocycles. The number of aromatic carboxylic acids is 1.